The van der Waals surface area contributed by atoms with Crippen LogP contribution in [0.5, 0.6) is 0 Å². The summed E-state index contributed by atoms with van der Waals surface area (Å²) in [6.07, 6.45) is 40.7. The molecule has 0 aromatic heterocycles. The smallest absolute Gasteiger partial charge is 0.0861 e. The highest BCUT2D eigenvalue weighted by Gasteiger charge is 2.15. The number of hydrogen-bond acceptors (Lipinski definition) is 2. The molecule has 0 heterocycles. The predicted octanol–water partition coefficient (Wildman–Crippen LogP) is 12.4. The van der Waals surface area contributed by atoms with Gasteiger partial charge in [0.1, 0.15) is 0 Å². The van der Waals surface area contributed by atoms with Crippen LogP contribution in [0.1, 0.15) is 200 Å². The number of nitrogens with zero attached hydrogens (tertiary/aromatic N) is 1. The lowest BCUT2D eigenvalue weighted by Crippen LogP contribution is -2.38. The third-order valence-electron chi connectivity index (χ3n) is 8.92. The second kappa shape index (κ2) is 33.8. The van der Waals surface area contributed by atoms with Gasteiger partial charge in [0, 0.05) is 19.6 Å². The molecule has 0 fully saturated rings. The molecule has 0 rings (SSSR count). The van der Waals surface area contributed by atoms with E-state index < -0.39 is 0 Å². The van der Waals surface area contributed by atoms with Gasteiger partial charge in [-0.25, -0.2) is 0 Å². The third-order valence-corrected chi connectivity index (χ3v) is 8.92. The van der Waals surface area contributed by atoms with Gasteiger partial charge < -0.3 is 14.0 Å². The molecule has 3 heteroatoms. The molecule has 0 radical (unpaired) electrons. The van der Waals surface area contributed by atoms with E-state index in [1.165, 1.54) is 180 Å². The van der Waals surface area contributed by atoms with Crippen LogP contribution in [0.3, 0.4) is 0 Å². The fourth-order valence-corrected chi connectivity index (χ4v) is 5.91. The first-order valence-corrected chi connectivity index (χ1v) is 19.5. The van der Waals surface area contributed by atoms with Gasteiger partial charge in [-0.1, -0.05) is 181 Å². The zero-order valence-electron chi connectivity index (χ0n) is 30.2. The van der Waals surface area contributed by atoms with E-state index in [4.69, 9.17) is 9.47 Å². The van der Waals surface area contributed by atoms with Gasteiger partial charge in [0.2, 0.25) is 0 Å². The largest absolute Gasteiger partial charge is 0.379 e. The Morgan fingerprint density at radius 1 is 0.405 bits per heavy atom. The summed E-state index contributed by atoms with van der Waals surface area (Å²) in [5.41, 5.74) is 0. The Morgan fingerprint density at radius 2 is 0.714 bits per heavy atom. The van der Waals surface area contributed by atoms with Crippen molar-refractivity contribution in [1.82, 2.24) is 0 Å². The van der Waals surface area contributed by atoms with Crippen molar-refractivity contribution in [2.75, 3.05) is 47.5 Å². The first-order valence-electron chi connectivity index (χ1n) is 19.5. The van der Waals surface area contributed by atoms with Crippen LogP contribution in [0.4, 0.5) is 0 Å². The second-order valence-corrected chi connectivity index (χ2v) is 14.6. The summed E-state index contributed by atoms with van der Waals surface area (Å²) in [4.78, 5) is 0. The molecule has 0 bridgehead atoms. The molecule has 0 aromatic carbocycles. The fourth-order valence-electron chi connectivity index (χ4n) is 5.91. The predicted molar refractivity (Wildman–Crippen MR) is 189 cm³/mol. The van der Waals surface area contributed by atoms with E-state index in [-0.39, 0.29) is 6.10 Å². The molecule has 0 spiro atoms. The van der Waals surface area contributed by atoms with Gasteiger partial charge in [0.15, 0.2) is 0 Å². The van der Waals surface area contributed by atoms with Crippen LogP contribution in [-0.4, -0.2) is 58.1 Å². The van der Waals surface area contributed by atoms with Crippen LogP contribution >= 0.6 is 0 Å². The van der Waals surface area contributed by atoms with E-state index in [2.05, 4.69) is 35.0 Å². The number of hydrogen-bond donors (Lipinski definition) is 0. The summed E-state index contributed by atoms with van der Waals surface area (Å²) in [5, 5.41) is 0. The molecule has 42 heavy (non-hydrogen) atoms. The molecule has 0 aliphatic heterocycles. The molecule has 1 atom stereocenters. The van der Waals surface area contributed by atoms with Gasteiger partial charge in [-0.15, -0.1) is 0 Å². The quantitative estimate of drug-likeness (QED) is 0.0529. The highest BCUT2D eigenvalue weighted by atomic mass is 16.5. The summed E-state index contributed by atoms with van der Waals surface area (Å²) >= 11 is 0. The normalized spacial score (nSPS) is 12.8. The lowest BCUT2D eigenvalue weighted by molar-refractivity contribution is -0.870. The van der Waals surface area contributed by atoms with Gasteiger partial charge in [-0.05, 0) is 12.8 Å². The second-order valence-electron chi connectivity index (χ2n) is 14.6. The van der Waals surface area contributed by atoms with Gasteiger partial charge in [-0.3, -0.25) is 0 Å². The van der Waals surface area contributed by atoms with Crippen molar-refractivity contribution < 1.29 is 14.0 Å². The maximum atomic E-state index is 6.33. The lowest BCUT2D eigenvalue weighted by Gasteiger charge is -2.27. The summed E-state index contributed by atoms with van der Waals surface area (Å²) in [5.74, 6) is 0. The Balaban J connectivity index is 3.65. The number of unbranched alkanes of at least 4 members (excludes halogenated alkanes) is 26. The summed E-state index contributed by atoms with van der Waals surface area (Å²) in [7, 11) is 6.83. The van der Waals surface area contributed by atoms with E-state index in [1.54, 1.807) is 0 Å². The monoisotopic (exact) mass is 597 g/mol. The number of quaternary nitrogens is 1. The minimum absolute atomic E-state index is 0.260. The molecule has 0 amide bonds. The molecular weight excluding hydrogens is 514 g/mol. The van der Waals surface area contributed by atoms with Crippen molar-refractivity contribution in [2.45, 2.75) is 206 Å². The van der Waals surface area contributed by atoms with Crippen LogP contribution in [-0.2, 0) is 9.47 Å². The van der Waals surface area contributed by atoms with Crippen molar-refractivity contribution >= 4 is 0 Å². The molecule has 0 saturated heterocycles. The van der Waals surface area contributed by atoms with Crippen LogP contribution < -0.4 is 0 Å². The van der Waals surface area contributed by atoms with Gasteiger partial charge >= 0.3 is 0 Å². The van der Waals surface area contributed by atoms with Crippen LogP contribution in [0.2, 0.25) is 0 Å². The van der Waals surface area contributed by atoms with Crippen LogP contribution in [0, 0.1) is 0 Å². The Labute approximate surface area is 267 Å². The molecule has 0 saturated carbocycles. The zero-order valence-corrected chi connectivity index (χ0v) is 30.2. The molecule has 0 aromatic rings. The topological polar surface area (TPSA) is 18.5 Å². The molecule has 1 unspecified atom stereocenters. The number of rotatable bonds is 36. The molecular formula is C39H82NO2+. The molecule has 254 valence electrons. The van der Waals surface area contributed by atoms with E-state index in [0.717, 1.165) is 37.3 Å². The average molecular weight is 597 g/mol. The minimum atomic E-state index is 0.260. The third kappa shape index (κ3) is 36.1. The average Bonchev–Trinajstić information content (AvgIpc) is 2.96. The SMILES string of the molecule is CCCCCCCCCCCCCCCCOCC(CC[N+](C)(C)C)OCCCCCCCCCCCCCCCC. The Kier molecular flexibility index (Phi) is 33.7. The summed E-state index contributed by atoms with van der Waals surface area (Å²) < 4.78 is 13.4. The highest BCUT2D eigenvalue weighted by Crippen LogP contribution is 2.15. The standard InChI is InChI=1S/C39H82NO2/c1-6-8-10-12-14-16-18-20-22-24-26-28-30-32-36-41-38-39(34-35-40(3,4)5)42-37-33-31-29-27-25-23-21-19-17-15-13-11-9-7-2/h39H,6-38H2,1-5H3/q+1. The van der Waals surface area contributed by atoms with Gasteiger partial charge in [0.25, 0.3) is 0 Å². The van der Waals surface area contributed by atoms with Crippen molar-refractivity contribution in [1.29, 1.82) is 0 Å². The van der Waals surface area contributed by atoms with Gasteiger partial charge in [-0.2, -0.15) is 0 Å². The van der Waals surface area contributed by atoms with Crippen molar-refractivity contribution in [2.24, 2.45) is 0 Å². The van der Waals surface area contributed by atoms with Crippen molar-refractivity contribution in [3.8, 4) is 0 Å². The van der Waals surface area contributed by atoms with E-state index in [1.807, 2.05) is 0 Å². The molecule has 0 aliphatic carbocycles. The molecule has 0 N–H and O–H groups in total. The highest BCUT2D eigenvalue weighted by molar-refractivity contribution is 4.58. The van der Waals surface area contributed by atoms with E-state index >= 15 is 0 Å². The fraction of sp³-hybridized carbons (Fsp3) is 1.00. The number of ether oxygens (including phenoxy) is 2. The minimum Gasteiger partial charge on any atom is -0.379 e. The lowest BCUT2D eigenvalue weighted by atomic mass is 10.0. The maximum absolute atomic E-state index is 6.33. The Bertz CT molecular complexity index is 489. The van der Waals surface area contributed by atoms with Crippen molar-refractivity contribution in [3.63, 3.8) is 0 Å². The first-order chi connectivity index (χ1) is 20.5. The van der Waals surface area contributed by atoms with Gasteiger partial charge in [0.05, 0.1) is 40.4 Å². The van der Waals surface area contributed by atoms with E-state index in [9.17, 15) is 0 Å². The molecule has 3 nitrogen and oxygen atoms in total. The Hall–Kier alpha value is -0.120. The Morgan fingerprint density at radius 3 is 1.05 bits per heavy atom. The first kappa shape index (κ1) is 41.9. The summed E-state index contributed by atoms with van der Waals surface area (Å²) in [6, 6.07) is 0. The van der Waals surface area contributed by atoms with Crippen LogP contribution in [0.15, 0.2) is 0 Å². The molecule has 0 aliphatic rings. The van der Waals surface area contributed by atoms with Crippen molar-refractivity contribution in [3.05, 3.63) is 0 Å². The summed E-state index contributed by atoms with van der Waals surface area (Å²) in [6.45, 7) is 8.33. The van der Waals surface area contributed by atoms with E-state index in [0.29, 0.717) is 0 Å². The van der Waals surface area contributed by atoms with Crippen LogP contribution in [0.25, 0.3) is 0 Å². The zero-order chi connectivity index (χ0) is 30.8. The maximum Gasteiger partial charge on any atom is 0.0861 e.